The van der Waals surface area contributed by atoms with Crippen LogP contribution in [0.3, 0.4) is 0 Å². The standard InChI is InChI=1S/C18H25N5O3S2/c1-13(2)23-12-19-21-18(23)27-14(3)17(24)20-15-6-8-16(9-7-15)28(25,26)22-10-4-5-11-22/h6-9,12-14H,4-5,10-11H2,1-3H3,(H,20,24). The molecule has 0 aliphatic carbocycles. The summed E-state index contributed by atoms with van der Waals surface area (Å²) in [6.07, 6.45) is 3.44. The van der Waals surface area contributed by atoms with Crippen molar-refractivity contribution in [3.05, 3.63) is 30.6 Å². The van der Waals surface area contributed by atoms with Gasteiger partial charge in [0.15, 0.2) is 5.16 Å². The number of hydrogen-bond acceptors (Lipinski definition) is 6. The fraction of sp³-hybridized carbons (Fsp3) is 0.500. The number of thioether (sulfide) groups is 1. The van der Waals surface area contributed by atoms with Gasteiger partial charge < -0.3 is 9.88 Å². The highest BCUT2D eigenvalue weighted by molar-refractivity contribution is 8.00. The van der Waals surface area contributed by atoms with Gasteiger partial charge in [-0.05, 0) is 57.9 Å². The van der Waals surface area contributed by atoms with E-state index in [0.29, 0.717) is 23.9 Å². The molecule has 1 aliphatic rings. The monoisotopic (exact) mass is 423 g/mol. The molecular weight excluding hydrogens is 398 g/mol. The number of aromatic nitrogens is 3. The molecule has 8 nitrogen and oxygen atoms in total. The van der Waals surface area contributed by atoms with Crippen molar-refractivity contribution >= 4 is 33.4 Å². The van der Waals surface area contributed by atoms with E-state index >= 15 is 0 Å². The van der Waals surface area contributed by atoms with Gasteiger partial charge in [-0.15, -0.1) is 10.2 Å². The maximum Gasteiger partial charge on any atom is 0.243 e. The summed E-state index contributed by atoms with van der Waals surface area (Å²) in [5, 5.41) is 11.1. The summed E-state index contributed by atoms with van der Waals surface area (Å²) in [6.45, 7) is 6.98. The Kier molecular flexibility index (Phi) is 6.41. The van der Waals surface area contributed by atoms with Crippen molar-refractivity contribution < 1.29 is 13.2 Å². The van der Waals surface area contributed by atoms with Crippen LogP contribution in [0.2, 0.25) is 0 Å². The average molecular weight is 424 g/mol. The molecular formula is C18H25N5O3S2. The Balaban J connectivity index is 1.63. The summed E-state index contributed by atoms with van der Waals surface area (Å²) in [5.74, 6) is -0.182. The highest BCUT2D eigenvalue weighted by Crippen LogP contribution is 2.25. The minimum absolute atomic E-state index is 0.182. The molecule has 0 bridgehead atoms. The molecule has 1 aromatic heterocycles. The van der Waals surface area contributed by atoms with Gasteiger partial charge in [0.25, 0.3) is 0 Å². The molecule has 1 atom stereocenters. The zero-order valence-corrected chi connectivity index (χ0v) is 17.8. The lowest BCUT2D eigenvalue weighted by Crippen LogP contribution is -2.27. The Morgan fingerprint density at radius 1 is 1.14 bits per heavy atom. The van der Waals surface area contributed by atoms with Crippen LogP contribution in [0.15, 0.2) is 40.6 Å². The molecule has 3 rings (SSSR count). The van der Waals surface area contributed by atoms with Crippen molar-refractivity contribution in [2.45, 2.75) is 55.0 Å². The number of rotatable bonds is 7. The number of nitrogens with zero attached hydrogens (tertiary/aromatic N) is 4. The highest BCUT2D eigenvalue weighted by atomic mass is 32.2. The first-order valence-electron chi connectivity index (χ1n) is 9.26. The second-order valence-corrected chi connectivity index (χ2v) is 10.2. The molecule has 1 fully saturated rings. The van der Waals surface area contributed by atoms with E-state index in [9.17, 15) is 13.2 Å². The SMILES string of the molecule is CC(Sc1nncn1C(C)C)C(=O)Nc1ccc(S(=O)(=O)N2CCCC2)cc1. The molecule has 1 saturated heterocycles. The van der Waals surface area contributed by atoms with Gasteiger partial charge in [-0.25, -0.2) is 8.42 Å². The molecule has 0 saturated carbocycles. The zero-order valence-electron chi connectivity index (χ0n) is 16.2. The predicted molar refractivity (Wildman–Crippen MR) is 109 cm³/mol. The highest BCUT2D eigenvalue weighted by Gasteiger charge is 2.27. The van der Waals surface area contributed by atoms with Crippen LogP contribution < -0.4 is 5.32 Å². The first-order valence-corrected chi connectivity index (χ1v) is 11.6. The van der Waals surface area contributed by atoms with Crippen LogP contribution in [0.25, 0.3) is 0 Å². The van der Waals surface area contributed by atoms with Crippen LogP contribution in [0.1, 0.15) is 39.7 Å². The van der Waals surface area contributed by atoms with Gasteiger partial charge in [0, 0.05) is 24.8 Å². The topological polar surface area (TPSA) is 97.2 Å². The number of sulfonamides is 1. The van der Waals surface area contributed by atoms with E-state index < -0.39 is 10.0 Å². The largest absolute Gasteiger partial charge is 0.325 e. The Morgan fingerprint density at radius 3 is 2.39 bits per heavy atom. The normalized spacial score (nSPS) is 16.4. The molecule has 1 amide bonds. The number of anilines is 1. The second kappa shape index (κ2) is 8.62. The van der Waals surface area contributed by atoms with Crippen LogP contribution >= 0.6 is 11.8 Å². The lowest BCUT2D eigenvalue weighted by molar-refractivity contribution is -0.115. The van der Waals surface area contributed by atoms with Crippen molar-refractivity contribution in [3.63, 3.8) is 0 Å². The van der Waals surface area contributed by atoms with Gasteiger partial charge in [0.2, 0.25) is 15.9 Å². The number of nitrogens with one attached hydrogen (secondary N) is 1. The molecule has 2 aromatic rings. The third kappa shape index (κ3) is 4.56. The van der Waals surface area contributed by atoms with Crippen molar-refractivity contribution in [3.8, 4) is 0 Å². The predicted octanol–water partition coefficient (Wildman–Crippen LogP) is 2.76. The number of hydrogen-bond donors (Lipinski definition) is 1. The van der Waals surface area contributed by atoms with Crippen LogP contribution in [0.5, 0.6) is 0 Å². The van der Waals surface area contributed by atoms with Gasteiger partial charge in [0.05, 0.1) is 10.1 Å². The number of carbonyl (C=O) groups is 1. The summed E-state index contributed by atoms with van der Waals surface area (Å²) in [5.41, 5.74) is 0.558. The third-order valence-electron chi connectivity index (χ3n) is 4.57. The molecule has 1 aliphatic heterocycles. The van der Waals surface area contributed by atoms with Crippen molar-refractivity contribution in [1.82, 2.24) is 19.1 Å². The Morgan fingerprint density at radius 2 is 1.79 bits per heavy atom. The molecule has 0 spiro atoms. The Labute approximate surface area is 169 Å². The second-order valence-electron chi connectivity index (χ2n) is 7.00. The van der Waals surface area contributed by atoms with Crippen LogP contribution in [0, 0.1) is 0 Å². The van der Waals surface area contributed by atoms with Gasteiger partial charge >= 0.3 is 0 Å². The number of benzene rings is 1. The summed E-state index contributed by atoms with van der Waals surface area (Å²) < 4.78 is 28.5. The van der Waals surface area contributed by atoms with E-state index in [1.54, 1.807) is 25.4 Å². The van der Waals surface area contributed by atoms with Crippen molar-refractivity contribution in [2.75, 3.05) is 18.4 Å². The molecule has 1 unspecified atom stereocenters. The summed E-state index contributed by atoms with van der Waals surface area (Å²) in [4.78, 5) is 12.7. The number of amides is 1. The smallest absolute Gasteiger partial charge is 0.243 e. The lowest BCUT2D eigenvalue weighted by Gasteiger charge is -2.16. The van der Waals surface area contributed by atoms with E-state index in [1.807, 2.05) is 18.4 Å². The van der Waals surface area contributed by atoms with Crippen LogP contribution in [-0.2, 0) is 14.8 Å². The van der Waals surface area contributed by atoms with Gasteiger partial charge in [-0.1, -0.05) is 11.8 Å². The van der Waals surface area contributed by atoms with Crippen molar-refractivity contribution in [1.29, 1.82) is 0 Å². The van der Waals surface area contributed by atoms with E-state index in [1.165, 1.54) is 28.2 Å². The molecule has 152 valence electrons. The summed E-state index contributed by atoms with van der Waals surface area (Å²) in [7, 11) is -3.45. The minimum Gasteiger partial charge on any atom is -0.325 e. The minimum atomic E-state index is -3.45. The zero-order chi connectivity index (χ0) is 20.3. The first-order chi connectivity index (χ1) is 13.3. The Hall–Kier alpha value is -1.91. The number of carbonyl (C=O) groups excluding carboxylic acids is 1. The maximum absolute atomic E-state index is 12.6. The first kappa shape index (κ1) is 20.8. The lowest BCUT2D eigenvalue weighted by atomic mass is 10.3. The fourth-order valence-electron chi connectivity index (χ4n) is 2.91. The van der Waals surface area contributed by atoms with E-state index in [2.05, 4.69) is 15.5 Å². The van der Waals surface area contributed by atoms with Gasteiger partial charge in [-0.2, -0.15) is 4.31 Å². The molecule has 28 heavy (non-hydrogen) atoms. The average Bonchev–Trinajstić information content (AvgIpc) is 3.34. The summed E-state index contributed by atoms with van der Waals surface area (Å²) in [6, 6.07) is 6.52. The van der Waals surface area contributed by atoms with Crippen LogP contribution in [-0.4, -0.2) is 51.7 Å². The van der Waals surface area contributed by atoms with E-state index in [-0.39, 0.29) is 22.1 Å². The van der Waals surface area contributed by atoms with Gasteiger partial charge in [-0.3, -0.25) is 4.79 Å². The fourth-order valence-corrected chi connectivity index (χ4v) is 5.39. The molecule has 0 radical (unpaired) electrons. The maximum atomic E-state index is 12.6. The van der Waals surface area contributed by atoms with Crippen molar-refractivity contribution in [2.24, 2.45) is 0 Å². The van der Waals surface area contributed by atoms with E-state index in [4.69, 9.17) is 0 Å². The summed E-state index contributed by atoms with van der Waals surface area (Å²) >= 11 is 1.33. The third-order valence-corrected chi connectivity index (χ3v) is 7.56. The quantitative estimate of drug-likeness (QED) is 0.688. The van der Waals surface area contributed by atoms with Gasteiger partial charge in [0.1, 0.15) is 6.33 Å². The molecule has 1 N–H and O–H groups in total. The molecule has 1 aromatic carbocycles. The molecule has 10 heteroatoms. The van der Waals surface area contributed by atoms with Crippen LogP contribution in [0.4, 0.5) is 5.69 Å². The Bertz CT molecular complexity index is 919. The molecule has 2 heterocycles. The van der Waals surface area contributed by atoms with E-state index in [0.717, 1.165) is 12.8 Å².